The molecule has 1 aliphatic rings. The number of benzene rings is 1. The van der Waals surface area contributed by atoms with Gasteiger partial charge in [-0.05, 0) is 43.9 Å². The number of urea groups is 1. The van der Waals surface area contributed by atoms with Crippen LogP contribution in [0.5, 0.6) is 0 Å². The smallest absolute Gasteiger partial charge is 0.323 e. The first-order valence-electron chi connectivity index (χ1n) is 10.4. The predicted octanol–water partition coefficient (Wildman–Crippen LogP) is 5.00. The van der Waals surface area contributed by atoms with Crippen molar-refractivity contribution in [2.24, 2.45) is 0 Å². The summed E-state index contributed by atoms with van der Waals surface area (Å²) >= 11 is 7.56. The number of thiophene rings is 1. The highest BCUT2D eigenvalue weighted by molar-refractivity contribution is 7.14. The zero-order chi connectivity index (χ0) is 23.8. The highest BCUT2D eigenvalue weighted by Gasteiger charge is 2.42. The van der Waals surface area contributed by atoms with Crippen LogP contribution in [0.3, 0.4) is 0 Å². The van der Waals surface area contributed by atoms with E-state index in [1.807, 2.05) is 45.9 Å². The van der Waals surface area contributed by atoms with Crippen LogP contribution in [-0.2, 0) is 10.2 Å². The fraction of sp³-hybridized carbons (Fsp3) is 0.435. The number of rotatable bonds is 3. The molecule has 32 heavy (non-hydrogen) atoms. The van der Waals surface area contributed by atoms with Crippen LogP contribution in [0.1, 0.15) is 54.7 Å². The van der Waals surface area contributed by atoms with Gasteiger partial charge in [0.2, 0.25) is 5.91 Å². The molecule has 0 atom stereocenters. The number of hydrogen-bond acceptors (Lipinski definition) is 4. The minimum atomic E-state index is -0.991. The van der Waals surface area contributed by atoms with Crippen molar-refractivity contribution >= 4 is 52.2 Å². The van der Waals surface area contributed by atoms with Gasteiger partial charge in [0, 0.05) is 18.0 Å². The molecular formula is C23H29ClN4O3S. The van der Waals surface area contributed by atoms with E-state index in [0.29, 0.717) is 34.4 Å². The van der Waals surface area contributed by atoms with Gasteiger partial charge in [-0.1, -0.05) is 44.5 Å². The Kier molecular flexibility index (Phi) is 6.58. The third-order valence-corrected chi connectivity index (χ3v) is 7.33. The summed E-state index contributed by atoms with van der Waals surface area (Å²) in [6.45, 7) is 12.2. The van der Waals surface area contributed by atoms with Gasteiger partial charge >= 0.3 is 6.03 Å². The van der Waals surface area contributed by atoms with E-state index >= 15 is 0 Å². The van der Waals surface area contributed by atoms with Gasteiger partial charge in [0.1, 0.15) is 10.4 Å². The van der Waals surface area contributed by atoms with Crippen LogP contribution in [0, 0.1) is 6.92 Å². The van der Waals surface area contributed by atoms with E-state index in [4.69, 9.17) is 11.6 Å². The van der Waals surface area contributed by atoms with E-state index in [2.05, 4.69) is 16.0 Å². The molecule has 4 amide bonds. The van der Waals surface area contributed by atoms with Gasteiger partial charge in [-0.25, -0.2) is 4.79 Å². The molecule has 0 unspecified atom stereocenters. The second-order valence-electron chi connectivity index (χ2n) is 9.39. The molecule has 0 spiro atoms. The number of carbonyl (C=O) groups excluding carboxylic acids is 3. The Morgan fingerprint density at radius 1 is 1.22 bits per heavy atom. The Morgan fingerprint density at radius 3 is 2.53 bits per heavy atom. The van der Waals surface area contributed by atoms with Crippen LogP contribution in [0.15, 0.2) is 24.3 Å². The van der Waals surface area contributed by atoms with Gasteiger partial charge in [-0.3, -0.25) is 9.59 Å². The van der Waals surface area contributed by atoms with E-state index < -0.39 is 11.6 Å². The van der Waals surface area contributed by atoms with Crippen LogP contribution >= 0.6 is 22.9 Å². The zero-order valence-electron chi connectivity index (χ0n) is 19.2. The van der Waals surface area contributed by atoms with E-state index in [1.54, 1.807) is 24.8 Å². The Hall–Kier alpha value is -2.58. The van der Waals surface area contributed by atoms with Gasteiger partial charge in [0.05, 0.1) is 16.4 Å². The fourth-order valence-corrected chi connectivity index (χ4v) is 4.84. The molecule has 1 fully saturated rings. The minimum absolute atomic E-state index is 0.203. The Labute approximate surface area is 197 Å². The molecule has 1 aromatic heterocycles. The number of amides is 4. The second kappa shape index (κ2) is 8.75. The molecule has 3 rings (SSSR count). The minimum Gasteiger partial charge on any atom is -0.352 e. The van der Waals surface area contributed by atoms with Crippen molar-refractivity contribution in [2.75, 3.05) is 23.7 Å². The van der Waals surface area contributed by atoms with Gasteiger partial charge in [0.15, 0.2) is 0 Å². The number of nitrogens with one attached hydrogen (secondary N) is 3. The SMILES string of the molecule is Cc1cccc(Cl)c1NC(=O)Nc1cc(C(C)(C)C)sc1C(=O)N1CCNC(=O)C1(C)C. The molecule has 3 N–H and O–H groups in total. The quantitative estimate of drug-likeness (QED) is 0.582. The number of halogens is 1. The van der Waals surface area contributed by atoms with Crippen molar-refractivity contribution < 1.29 is 14.4 Å². The van der Waals surface area contributed by atoms with Crippen LogP contribution in [0.4, 0.5) is 16.2 Å². The van der Waals surface area contributed by atoms with Gasteiger partial charge in [-0.2, -0.15) is 0 Å². The lowest BCUT2D eigenvalue weighted by molar-refractivity contribution is -0.133. The molecule has 1 aromatic carbocycles. The van der Waals surface area contributed by atoms with Crippen molar-refractivity contribution in [1.82, 2.24) is 10.2 Å². The van der Waals surface area contributed by atoms with E-state index in [-0.39, 0.29) is 17.2 Å². The third kappa shape index (κ3) is 4.76. The Bertz CT molecular complexity index is 1050. The van der Waals surface area contributed by atoms with Crippen molar-refractivity contribution in [3.8, 4) is 0 Å². The largest absolute Gasteiger partial charge is 0.352 e. The summed E-state index contributed by atoms with van der Waals surface area (Å²) in [4.78, 5) is 41.6. The first-order chi connectivity index (χ1) is 14.8. The lowest BCUT2D eigenvalue weighted by atomic mass is 9.94. The van der Waals surface area contributed by atoms with Gasteiger partial charge in [-0.15, -0.1) is 11.3 Å². The van der Waals surface area contributed by atoms with Crippen molar-refractivity contribution in [1.29, 1.82) is 0 Å². The number of para-hydroxylation sites is 1. The lowest BCUT2D eigenvalue weighted by Gasteiger charge is -2.41. The highest BCUT2D eigenvalue weighted by Crippen LogP contribution is 2.37. The number of aryl methyl sites for hydroxylation is 1. The molecule has 1 saturated heterocycles. The van der Waals surface area contributed by atoms with Crippen molar-refractivity contribution in [2.45, 2.75) is 52.5 Å². The third-order valence-electron chi connectivity index (χ3n) is 5.47. The number of carbonyl (C=O) groups is 3. The molecule has 0 bridgehead atoms. The molecular weight excluding hydrogens is 448 g/mol. The number of piperazine rings is 1. The summed E-state index contributed by atoms with van der Waals surface area (Å²) in [5.74, 6) is -0.485. The van der Waals surface area contributed by atoms with Crippen LogP contribution in [0.2, 0.25) is 5.02 Å². The topological polar surface area (TPSA) is 90.5 Å². The average molecular weight is 477 g/mol. The van der Waals surface area contributed by atoms with E-state index in [0.717, 1.165) is 10.4 Å². The fourth-order valence-electron chi connectivity index (χ4n) is 3.45. The monoisotopic (exact) mass is 476 g/mol. The number of nitrogens with zero attached hydrogens (tertiary/aromatic N) is 1. The summed E-state index contributed by atoms with van der Waals surface area (Å²) in [5, 5.41) is 8.83. The summed E-state index contributed by atoms with van der Waals surface area (Å²) < 4.78 is 0. The van der Waals surface area contributed by atoms with E-state index in [1.165, 1.54) is 11.3 Å². The second-order valence-corrected chi connectivity index (χ2v) is 10.8. The molecule has 0 radical (unpaired) electrons. The number of anilines is 2. The van der Waals surface area contributed by atoms with Crippen molar-refractivity contribution in [3.63, 3.8) is 0 Å². The van der Waals surface area contributed by atoms with Gasteiger partial charge in [0.25, 0.3) is 5.91 Å². The summed E-state index contributed by atoms with van der Waals surface area (Å²) in [5.41, 5.74) is 0.541. The average Bonchev–Trinajstić information content (AvgIpc) is 3.10. The Balaban J connectivity index is 1.94. The number of hydrogen-bond donors (Lipinski definition) is 3. The highest BCUT2D eigenvalue weighted by atomic mass is 35.5. The van der Waals surface area contributed by atoms with Gasteiger partial charge < -0.3 is 20.9 Å². The standard InChI is InChI=1S/C23H29ClN4O3S/c1-13-8-7-9-14(24)17(13)27-21(31)26-15-12-16(22(2,3)4)32-18(15)19(29)28-11-10-25-20(30)23(28,5)6/h7-9,12H,10-11H2,1-6H3,(H,25,30)(H2,26,27,31). The maximum atomic E-state index is 13.5. The molecule has 0 saturated carbocycles. The first-order valence-corrected chi connectivity index (χ1v) is 11.6. The van der Waals surface area contributed by atoms with Crippen LogP contribution in [-0.4, -0.2) is 41.4 Å². The van der Waals surface area contributed by atoms with E-state index in [9.17, 15) is 14.4 Å². The predicted molar refractivity (Wildman–Crippen MR) is 130 cm³/mol. The lowest BCUT2D eigenvalue weighted by Crippen LogP contribution is -2.63. The molecule has 7 nitrogen and oxygen atoms in total. The first kappa shape index (κ1) is 24.1. The van der Waals surface area contributed by atoms with Crippen LogP contribution in [0.25, 0.3) is 0 Å². The van der Waals surface area contributed by atoms with Crippen molar-refractivity contribution in [3.05, 3.63) is 44.6 Å². The molecule has 0 aliphatic carbocycles. The maximum absolute atomic E-state index is 13.5. The Morgan fingerprint density at radius 2 is 1.91 bits per heavy atom. The molecule has 1 aliphatic heterocycles. The maximum Gasteiger partial charge on any atom is 0.323 e. The molecule has 2 aromatic rings. The normalized spacial score (nSPS) is 15.8. The molecule has 9 heteroatoms. The summed E-state index contributed by atoms with van der Waals surface area (Å²) in [6, 6.07) is 6.69. The summed E-state index contributed by atoms with van der Waals surface area (Å²) in [7, 11) is 0. The molecule has 2 heterocycles. The zero-order valence-corrected chi connectivity index (χ0v) is 20.8. The summed E-state index contributed by atoms with van der Waals surface area (Å²) in [6.07, 6.45) is 0. The molecule has 172 valence electrons. The van der Waals surface area contributed by atoms with Crippen LogP contribution < -0.4 is 16.0 Å².